The zero-order valence-electron chi connectivity index (χ0n) is 14.5. The maximum atomic E-state index is 13.1. The monoisotopic (exact) mass is 476 g/mol. The van der Waals surface area contributed by atoms with Crippen LogP contribution in [0.1, 0.15) is 23.2 Å². The van der Waals surface area contributed by atoms with Gasteiger partial charge >= 0.3 is 0 Å². The summed E-state index contributed by atoms with van der Waals surface area (Å²) in [7, 11) is 1.63. The predicted molar refractivity (Wildman–Crippen MR) is 107 cm³/mol. The summed E-state index contributed by atoms with van der Waals surface area (Å²) in [6.45, 7) is 2.66. The van der Waals surface area contributed by atoms with Crippen LogP contribution >= 0.6 is 24.0 Å². The van der Waals surface area contributed by atoms with E-state index >= 15 is 0 Å². The van der Waals surface area contributed by atoms with Crippen molar-refractivity contribution < 1.29 is 18.3 Å². The van der Waals surface area contributed by atoms with Crippen LogP contribution in [0.2, 0.25) is 0 Å². The number of rotatable bonds is 7. The van der Waals surface area contributed by atoms with Gasteiger partial charge < -0.3 is 25.5 Å². The van der Waals surface area contributed by atoms with Gasteiger partial charge in [-0.3, -0.25) is 9.79 Å². The number of furan rings is 1. The van der Waals surface area contributed by atoms with E-state index < -0.39 is 5.91 Å². The number of carbonyl (C=O) groups is 1. The normalized spacial score (nSPS) is 12.0. The summed E-state index contributed by atoms with van der Waals surface area (Å²) in [5, 5.41) is 6.13. The zero-order chi connectivity index (χ0) is 18.2. The van der Waals surface area contributed by atoms with Crippen molar-refractivity contribution in [1.82, 2.24) is 10.6 Å². The predicted octanol–water partition coefficient (Wildman–Crippen LogP) is 2.27. The molecule has 2 rings (SSSR count). The fourth-order valence-corrected chi connectivity index (χ4v) is 2.05. The van der Waals surface area contributed by atoms with E-state index in [1.54, 1.807) is 25.2 Å². The maximum absolute atomic E-state index is 13.1. The number of nitrogens with zero attached hydrogens (tertiary/aromatic N) is 1. The summed E-state index contributed by atoms with van der Waals surface area (Å²) in [5.74, 6) is 0.706. The van der Waals surface area contributed by atoms with Gasteiger partial charge in [0, 0.05) is 13.1 Å². The lowest BCUT2D eigenvalue weighted by atomic mass is 10.3. The van der Waals surface area contributed by atoms with Crippen molar-refractivity contribution in [3.05, 3.63) is 53.7 Å². The Morgan fingerprint density at radius 1 is 1.35 bits per heavy atom. The Morgan fingerprint density at radius 3 is 2.73 bits per heavy atom. The number of benzene rings is 1. The molecule has 4 N–H and O–H groups in total. The molecule has 1 atom stereocenters. The van der Waals surface area contributed by atoms with Crippen LogP contribution in [-0.4, -0.2) is 31.6 Å². The van der Waals surface area contributed by atoms with Crippen LogP contribution in [0.3, 0.4) is 0 Å². The highest BCUT2D eigenvalue weighted by atomic mass is 127. The Balaban J connectivity index is 0.00000338. The van der Waals surface area contributed by atoms with Crippen LogP contribution in [-0.2, 0) is 6.54 Å². The second kappa shape index (κ2) is 10.6. The highest BCUT2D eigenvalue weighted by Crippen LogP contribution is 2.13. The first kappa shape index (κ1) is 21.7. The number of amides is 1. The second-order valence-electron chi connectivity index (χ2n) is 5.32. The summed E-state index contributed by atoms with van der Waals surface area (Å²) < 4.78 is 24.0. The van der Waals surface area contributed by atoms with Crippen molar-refractivity contribution >= 4 is 35.8 Å². The zero-order valence-corrected chi connectivity index (χ0v) is 16.8. The Labute approximate surface area is 168 Å². The Hall–Kier alpha value is -2.30. The number of primary amides is 1. The third-order valence-electron chi connectivity index (χ3n) is 3.25. The van der Waals surface area contributed by atoms with Crippen LogP contribution in [0.25, 0.3) is 0 Å². The van der Waals surface area contributed by atoms with Crippen molar-refractivity contribution in [2.24, 2.45) is 10.7 Å². The van der Waals surface area contributed by atoms with Crippen molar-refractivity contribution in [3.8, 4) is 5.75 Å². The van der Waals surface area contributed by atoms with E-state index in [1.807, 2.05) is 6.92 Å². The van der Waals surface area contributed by atoms with Crippen molar-refractivity contribution in [3.63, 3.8) is 0 Å². The van der Waals surface area contributed by atoms with E-state index in [0.717, 1.165) is 0 Å². The highest BCUT2D eigenvalue weighted by Gasteiger charge is 2.09. The number of nitrogens with two attached hydrogens (primary N) is 1. The molecule has 2 aromatic rings. The number of carbonyl (C=O) groups excluding carboxylic acids is 1. The third-order valence-corrected chi connectivity index (χ3v) is 3.25. The molecule has 0 radical (unpaired) electrons. The number of guanidine groups is 1. The smallest absolute Gasteiger partial charge is 0.284 e. The van der Waals surface area contributed by atoms with Gasteiger partial charge in [0.15, 0.2) is 11.7 Å². The fraction of sp³-hybridized carbons (Fsp3) is 0.294. The van der Waals surface area contributed by atoms with Gasteiger partial charge in [-0.15, -0.1) is 24.0 Å². The van der Waals surface area contributed by atoms with Gasteiger partial charge in [-0.1, -0.05) is 6.07 Å². The number of hydrogen-bond donors (Lipinski definition) is 3. The summed E-state index contributed by atoms with van der Waals surface area (Å²) in [4.78, 5) is 15.1. The van der Waals surface area contributed by atoms with Crippen molar-refractivity contribution in [1.29, 1.82) is 0 Å². The molecule has 1 unspecified atom stereocenters. The fourth-order valence-electron chi connectivity index (χ4n) is 2.05. The molecule has 0 aliphatic carbocycles. The lowest BCUT2D eigenvalue weighted by molar-refractivity contribution is 0.0972. The van der Waals surface area contributed by atoms with Gasteiger partial charge in [0.05, 0.1) is 13.1 Å². The average molecular weight is 476 g/mol. The number of halogens is 2. The summed E-state index contributed by atoms with van der Waals surface area (Å²) >= 11 is 0. The van der Waals surface area contributed by atoms with E-state index in [9.17, 15) is 9.18 Å². The quantitative estimate of drug-likeness (QED) is 0.324. The minimum atomic E-state index is -0.614. The number of nitrogens with one attached hydrogen (secondary N) is 2. The number of aliphatic imine (C=N–C) groups is 1. The van der Waals surface area contributed by atoms with Crippen molar-refractivity contribution in [2.45, 2.75) is 19.6 Å². The van der Waals surface area contributed by atoms with Gasteiger partial charge in [0.2, 0.25) is 0 Å². The van der Waals surface area contributed by atoms with Crippen molar-refractivity contribution in [2.75, 3.05) is 13.6 Å². The molecule has 0 bridgehead atoms. The van der Waals surface area contributed by atoms with E-state index in [2.05, 4.69) is 15.6 Å². The van der Waals surface area contributed by atoms with E-state index in [1.165, 1.54) is 18.2 Å². The Bertz CT molecular complexity index is 751. The van der Waals surface area contributed by atoms with Gasteiger partial charge in [-0.25, -0.2) is 4.39 Å². The molecule has 1 amide bonds. The van der Waals surface area contributed by atoms with Gasteiger partial charge in [-0.05, 0) is 31.2 Å². The van der Waals surface area contributed by atoms with Gasteiger partial charge in [-0.2, -0.15) is 0 Å². The molecular weight excluding hydrogens is 454 g/mol. The number of ether oxygens (including phenoxy) is 1. The molecule has 1 heterocycles. The molecule has 0 aliphatic rings. The molecule has 0 saturated heterocycles. The minimum absolute atomic E-state index is 0. The average Bonchev–Trinajstić information content (AvgIpc) is 3.04. The van der Waals surface area contributed by atoms with Gasteiger partial charge in [0.1, 0.15) is 23.4 Å². The summed E-state index contributed by atoms with van der Waals surface area (Å²) in [6.07, 6.45) is -0.203. The molecule has 26 heavy (non-hydrogen) atoms. The van der Waals surface area contributed by atoms with E-state index in [0.29, 0.717) is 30.6 Å². The largest absolute Gasteiger partial charge is 0.489 e. The van der Waals surface area contributed by atoms with E-state index in [4.69, 9.17) is 14.9 Å². The molecular formula is C17H22FIN4O3. The van der Waals surface area contributed by atoms with E-state index in [-0.39, 0.29) is 41.7 Å². The Kier molecular flexibility index (Phi) is 8.90. The lowest BCUT2D eigenvalue weighted by Crippen LogP contribution is -2.41. The first-order chi connectivity index (χ1) is 12.0. The van der Waals surface area contributed by atoms with Crippen LogP contribution in [0.4, 0.5) is 4.39 Å². The molecule has 7 nitrogen and oxygen atoms in total. The molecule has 0 aliphatic heterocycles. The second-order valence-corrected chi connectivity index (χ2v) is 5.32. The molecule has 0 fully saturated rings. The van der Waals surface area contributed by atoms with Crippen LogP contribution < -0.4 is 21.1 Å². The molecule has 9 heteroatoms. The first-order valence-electron chi connectivity index (χ1n) is 7.73. The highest BCUT2D eigenvalue weighted by molar-refractivity contribution is 14.0. The SMILES string of the molecule is CN=C(NCc1ccc(C(N)=O)o1)NCC(C)Oc1cccc(F)c1.I. The maximum Gasteiger partial charge on any atom is 0.284 e. The van der Waals surface area contributed by atoms with Gasteiger partial charge in [0.25, 0.3) is 5.91 Å². The number of hydrogen-bond acceptors (Lipinski definition) is 4. The molecule has 0 saturated carbocycles. The third kappa shape index (κ3) is 6.90. The van der Waals surface area contributed by atoms with Crippen LogP contribution in [0.5, 0.6) is 5.75 Å². The molecule has 0 spiro atoms. The molecule has 142 valence electrons. The summed E-state index contributed by atoms with van der Waals surface area (Å²) in [6, 6.07) is 9.16. The standard InChI is InChI=1S/C17H21FN4O3.HI/c1-11(24-13-5-3-4-12(18)8-13)9-21-17(20-2)22-10-14-6-7-15(25-14)16(19)23;/h3-8,11H,9-10H2,1-2H3,(H2,19,23)(H2,20,21,22);1H. The molecule has 1 aromatic carbocycles. The van der Waals surface area contributed by atoms with Crippen LogP contribution in [0.15, 0.2) is 45.8 Å². The minimum Gasteiger partial charge on any atom is -0.489 e. The topological polar surface area (TPSA) is 102 Å². The Morgan fingerprint density at radius 2 is 2.12 bits per heavy atom. The van der Waals surface area contributed by atoms with Crippen LogP contribution in [0, 0.1) is 5.82 Å². The summed E-state index contributed by atoms with van der Waals surface area (Å²) in [5.41, 5.74) is 5.14. The first-order valence-corrected chi connectivity index (χ1v) is 7.73. The lowest BCUT2D eigenvalue weighted by Gasteiger charge is -2.17. The molecule has 1 aromatic heterocycles.